The van der Waals surface area contributed by atoms with Crippen LogP contribution in [0.25, 0.3) is 6.08 Å². The molecule has 0 spiro atoms. The molecule has 0 aromatic heterocycles. The maximum Gasteiger partial charge on any atom is 0.244 e. The number of fused-ring (bicyclic) bond motifs is 1. The van der Waals surface area contributed by atoms with Crippen molar-refractivity contribution in [1.29, 1.82) is 0 Å². The van der Waals surface area contributed by atoms with Gasteiger partial charge in [0.25, 0.3) is 0 Å². The number of nitrogens with zero attached hydrogens (tertiary/aromatic N) is 1. The molecule has 1 aliphatic rings. The Hall–Kier alpha value is -2.62. The van der Waals surface area contributed by atoms with Gasteiger partial charge in [-0.05, 0) is 60.7 Å². The molecule has 1 heterocycles. The third kappa shape index (κ3) is 4.27. The van der Waals surface area contributed by atoms with Gasteiger partial charge in [-0.2, -0.15) is 0 Å². The Morgan fingerprint density at radius 1 is 1.24 bits per heavy atom. The molecule has 3 nitrogen and oxygen atoms in total. The van der Waals surface area contributed by atoms with Gasteiger partial charge in [-0.1, -0.05) is 24.3 Å². The van der Waals surface area contributed by atoms with Crippen LogP contribution in [0.1, 0.15) is 36.1 Å². The third-order valence-corrected chi connectivity index (χ3v) is 4.62. The lowest BCUT2D eigenvalue weighted by molar-refractivity contribution is -0.117. The summed E-state index contributed by atoms with van der Waals surface area (Å²) in [5.74, 6) is -0.449. The van der Waals surface area contributed by atoms with Crippen molar-refractivity contribution >= 4 is 17.7 Å². The SMILES string of the molecule is CC(NC(=O)C=Cc1ccc(F)cc1)c1ccc2c(c1)N(C)CCC2. The summed E-state index contributed by atoms with van der Waals surface area (Å²) in [6, 6.07) is 12.4. The fourth-order valence-corrected chi connectivity index (χ4v) is 3.13. The lowest BCUT2D eigenvalue weighted by Crippen LogP contribution is -2.27. The molecule has 0 radical (unpaired) electrons. The number of anilines is 1. The Balaban J connectivity index is 1.65. The zero-order valence-electron chi connectivity index (χ0n) is 14.6. The number of carbonyl (C=O) groups is 1. The Bertz CT molecular complexity index is 783. The summed E-state index contributed by atoms with van der Waals surface area (Å²) in [7, 11) is 2.11. The van der Waals surface area contributed by atoms with Crippen LogP contribution in [-0.4, -0.2) is 19.5 Å². The minimum atomic E-state index is -0.285. The molecular weight excluding hydrogens is 315 g/mol. The van der Waals surface area contributed by atoms with E-state index in [0.717, 1.165) is 24.1 Å². The number of benzene rings is 2. The van der Waals surface area contributed by atoms with Crippen LogP contribution >= 0.6 is 0 Å². The highest BCUT2D eigenvalue weighted by atomic mass is 19.1. The number of nitrogens with one attached hydrogen (secondary N) is 1. The van der Waals surface area contributed by atoms with Gasteiger partial charge in [0, 0.05) is 25.4 Å². The van der Waals surface area contributed by atoms with Gasteiger partial charge in [-0.15, -0.1) is 0 Å². The number of hydrogen-bond donors (Lipinski definition) is 1. The van der Waals surface area contributed by atoms with Gasteiger partial charge >= 0.3 is 0 Å². The molecule has 0 aliphatic carbocycles. The van der Waals surface area contributed by atoms with Crippen LogP contribution in [-0.2, 0) is 11.2 Å². The first-order chi connectivity index (χ1) is 12.0. The number of aryl methyl sites for hydroxylation is 1. The predicted octanol–water partition coefficient (Wildman–Crippen LogP) is 4.10. The first kappa shape index (κ1) is 17.2. The summed E-state index contributed by atoms with van der Waals surface area (Å²) in [5.41, 5.74) is 4.51. The maximum atomic E-state index is 12.9. The van der Waals surface area contributed by atoms with Crippen molar-refractivity contribution in [2.75, 3.05) is 18.5 Å². The van der Waals surface area contributed by atoms with Crippen LogP contribution in [0.2, 0.25) is 0 Å². The fourth-order valence-electron chi connectivity index (χ4n) is 3.13. The largest absolute Gasteiger partial charge is 0.374 e. The van der Waals surface area contributed by atoms with Crippen molar-refractivity contribution in [1.82, 2.24) is 5.32 Å². The molecule has 0 fully saturated rings. The molecule has 0 bridgehead atoms. The average molecular weight is 338 g/mol. The summed E-state index contributed by atoms with van der Waals surface area (Å²) in [6.45, 7) is 3.05. The van der Waals surface area contributed by atoms with Gasteiger partial charge < -0.3 is 10.2 Å². The second kappa shape index (κ2) is 7.51. The Labute approximate surface area is 148 Å². The van der Waals surface area contributed by atoms with Crippen molar-refractivity contribution in [3.05, 3.63) is 71.0 Å². The number of amides is 1. The van der Waals surface area contributed by atoms with E-state index in [9.17, 15) is 9.18 Å². The van der Waals surface area contributed by atoms with E-state index >= 15 is 0 Å². The number of halogens is 1. The Morgan fingerprint density at radius 2 is 2.00 bits per heavy atom. The van der Waals surface area contributed by atoms with E-state index in [4.69, 9.17) is 0 Å². The molecule has 1 aliphatic heterocycles. The summed E-state index contributed by atoms with van der Waals surface area (Å²) in [5, 5.41) is 2.98. The highest BCUT2D eigenvalue weighted by Crippen LogP contribution is 2.29. The molecule has 1 unspecified atom stereocenters. The van der Waals surface area contributed by atoms with E-state index in [2.05, 4.69) is 35.5 Å². The molecule has 0 saturated heterocycles. The van der Waals surface area contributed by atoms with E-state index < -0.39 is 0 Å². The van der Waals surface area contributed by atoms with Crippen LogP contribution in [0.4, 0.5) is 10.1 Å². The Kier molecular flexibility index (Phi) is 5.17. The maximum absolute atomic E-state index is 12.9. The van der Waals surface area contributed by atoms with Gasteiger partial charge in [0.05, 0.1) is 6.04 Å². The molecule has 2 aromatic carbocycles. The van der Waals surface area contributed by atoms with E-state index in [1.54, 1.807) is 18.2 Å². The van der Waals surface area contributed by atoms with E-state index in [1.807, 2.05) is 6.92 Å². The van der Waals surface area contributed by atoms with Gasteiger partial charge in [-0.25, -0.2) is 4.39 Å². The summed E-state index contributed by atoms with van der Waals surface area (Å²) >= 11 is 0. The first-order valence-electron chi connectivity index (χ1n) is 8.61. The second-order valence-corrected chi connectivity index (χ2v) is 6.53. The summed E-state index contributed by atoms with van der Waals surface area (Å²) in [4.78, 5) is 14.4. The van der Waals surface area contributed by atoms with Gasteiger partial charge in [0.1, 0.15) is 5.82 Å². The highest BCUT2D eigenvalue weighted by Gasteiger charge is 2.16. The summed E-state index contributed by atoms with van der Waals surface area (Å²) in [6.07, 6.45) is 5.46. The molecule has 4 heteroatoms. The van der Waals surface area contributed by atoms with Gasteiger partial charge in [0.15, 0.2) is 0 Å². The second-order valence-electron chi connectivity index (χ2n) is 6.53. The standard InChI is InChI=1S/C21H23FN2O/c1-15(18-9-8-17-4-3-13-24(2)20(17)14-18)23-21(25)12-7-16-5-10-19(22)11-6-16/h5-12,14-15H,3-4,13H2,1-2H3,(H,23,25). The van der Waals surface area contributed by atoms with Crippen LogP contribution in [0.15, 0.2) is 48.5 Å². The van der Waals surface area contributed by atoms with Gasteiger partial charge in [-0.3, -0.25) is 4.79 Å². The molecule has 1 atom stereocenters. The highest BCUT2D eigenvalue weighted by molar-refractivity contribution is 5.92. The molecule has 130 valence electrons. The van der Waals surface area contributed by atoms with Crippen molar-refractivity contribution in [3.8, 4) is 0 Å². The number of carbonyl (C=O) groups excluding carboxylic acids is 1. The van der Waals surface area contributed by atoms with Crippen molar-refractivity contribution in [2.24, 2.45) is 0 Å². The molecule has 1 N–H and O–H groups in total. The van der Waals surface area contributed by atoms with Crippen LogP contribution < -0.4 is 10.2 Å². The van der Waals surface area contributed by atoms with Crippen molar-refractivity contribution < 1.29 is 9.18 Å². The molecule has 0 saturated carbocycles. The average Bonchev–Trinajstić information content (AvgIpc) is 2.61. The minimum Gasteiger partial charge on any atom is -0.374 e. The topological polar surface area (TPSA) is 32.3 Å². The predicted molar refractivity (Wildman–Crippen MR) is 100 cm³/mol. The quantitative estimate of drug-likeness (QED) is 0.851. The monoisotopic (exact) mass is 338 g/mol. The zero-order valence-corrected chi connectivity index (χ0v) is 14.6. The van der Waals surface area contributed by atoms with Gasteiger partial charge in [0.2, 0.25) is 5.91 Å². The first-order valence-corrected chi connectivity index (χ1v) is 8.61. The van der Waals surface area contributed by atoms with Crippen LogP contribution in [0.5, 0.6) is 0 Å². The summed E-state index contributed by atoms with van der Waals surface area (Å²) < 4.78 is 12.9. The van der Waals surface area contributed by atoms with Crippen LogP contribution in [0.3, 0.4) is 0 Å². The minimum absolute atomic E-state index is 0.0778. The smallest absolute Gasteiger partial charge is 0.244 e. The molecule has 3 rings (SSSR count). The van der Waals surface area contributed by atoms with Crippen molar-refractivity contribution in [2.45, 2.75) is 25.8 Å². The van der Waals surface area contributed by atoms with Crippen LogP contribution in [0, 0.1) is 5.82 Å². The third-order valence-electron chi connectivity index (χ3n) is 4.62. The fraction of sp³-hybridized carbons (Fsp3) is 0.286. The lowest BCUT2D eigenvalue weighted by atomic mass is 9.97. The normalized spacial score (nSPS) is 15.1. The molecular formula is C21H23FN2O. The zero-order chi connectivity index (χ0) is 17.8. The van der Waals surface area contributed by atoms with E-state index in [0.29, 0.717) is 0 Å². The van der Waals surface area contributed by atoms with E-state index in [1.165, 1.54) is 35.9 Å². The number of hydrogen-bond acceptors (Lipinski definition) is 2. The van der Waals surface area contributed by atoms with Crippen molar-refractivity contribution in [3.63, 3.8) is 0 Å². The molecule has 1 amide bonds. The Morgan fingerprint density at radius 3 is 2.76 bits per heavy atom. The number of rotatable bonds is 4. The molecule has 25 heavy (non-hydrogen) atoms. The van der Waals surface area contributed by atoms with E-state index in [-0.39, 0.29) is 17.8 Å². The molecule has 2 aromatic rings. The lowest BCUT2D eigenvalue weighted by Gasteiger charge is -2.28.